The zero-order valence-electron chi connectivity index (χ0n) is 17.3. The SMILES string of the molecule is O=C(Nc1ccc(C(=O)N2CCCCCC2)cc1)C(=O)Nc1cccc2ccccc12. The quantitative estimate of drug-likeness (QED) is 0.621. The summed E-state index contributed by atoms with van der Waals surface area (Å²) in [6, 6.07) is 19.8. The first kappa shape index (κ1) is 20.6. The Balaban J connectivity index is 1.39. The van der Waals surface area contributed by atoms with Crippen LogP contribution in [0.25, 0.3) is 10.8 Å². The van der Waals surface area contributed by atoms with E-state index >= 15 is 0 Å². The molecule has 1 saturated heterocycles. The van der Waals surface area contributed by atoms with Gasteiger partial charge in [0.2, 0.25) is 0 Å². The maximum atomic E-state index is 12.7. The summed E-state index contributed by atoms with van der Waals surface area (Å²) in [6.07, 6.45) is 4.39. The molecule has 0 saturated carbocycles. The molecule has 6 heteroatoms. The van der Waals surface area contributed by atoms with Gasteiger partial charge in [-0.1, -0.05) is 49.2 Å². The van der Waals surface area contributed by atoms with Crippen molar-refractivity contribution in [1.82, 2.24) is 4.90 Å². The van der Waals surface area contributed by atoms with Gasteiger partial charge >= 0.3 is 11.8 Å². The van der Waals surface area contributed by atoms with Crippen LogP contribution in [-0.4, -0.2) is 35.7 Å². The third-order valence-corrected chi connectivity index (χ3v) is 5.53. The molecule has 3 aromatic rings. The number of carbonyl (C=O) groups excluding carboxylic acids is 3. The van der Waals surface area contributed by atoms with E-state index in [0.717, 1.165) is 49.5 Å². The molecule has 31 heavy (non-hydrogen) atoms. The lowest BCUT2D eigenvalue weighted by atomic mass is 10.1. The molecule has 0 atom stereocenters. The van der Waals surface area contributed by atoms with Crippen molar-refractivity contribution in [3.05, 3.63) is 72.3 Å². The van der Waals surface area contributed by atoms with Gasteiger partial charge in [0.05, 0.1) is 0 Å². The highest BCUT2D eigenvalue weighted by molar-refractivity contribution is 6.44. The van der Waals surface area contributed by atoms with E-state index in [9.17, 15) is 14.4 Å². The third-order valence-electron chi connectivity index (χ3n) is 5.53. The van der Waals surface area contributed by atoms with Crippen LogP contribution in [-0.2, 0) is 9.59 Å². The molecule has 0 bridgehead atoms. The molecule has 2 N–H and O–H groups in total. The van der Waals surface area contributed by atoms with Crippen LogP contribution in [0, 0.1) is 0 Å². The second kappa shape index (κ2) is 9.43. The largest absolute Gasteiger partial charge is 0.339 e. The lowest BCUT2D eigenvalue weighted by molar-refractivity contribution is -0.132. The molecule has 0 aromatic heterocycles. The summed E-state index contributed by atoms with van der Waals surface area (Å²) in [6.45, 7) is 1.57. The van der Waals surface area contributed by atoms with Crippen molar-refractivity contribution in [3.8, 4) is 0 Å². The summed E-state index contributed by atoms with van der Waals surface area (Å²) >= 11 is 0. The number of benzene rings is 3. The van der Waals surface area contributed by atoms with Gasteiger partial charge in [0, 0.05) is 35.4 Å². The number of carbonyl (C=O) groups is 3. The topological polar surface area (TPSA) is 78.5 Å². The summed E-state index contributed by atoms with van der Waals surface area (Å²) in [7, 11) is 0. The first-order valence-corrected chi connectivity index (χ1v) is 10.6. The molecular formula is C25H25N3O3. The number of fused-ring (bicyclic) bond motifs is 1. The molecule has 0 aliphatic carbocycles. The van der Waals surface area contributed by atoms with Crippen LogP contribution in [0.1, 0.15) is 36.0 Å². The number of anilines is 2. The first-order valence-electron chi connectivity index (χ1n) is 10.6. The van der Waals surface area contributed by atoms with E-state index in [2.05, 4.69) is 10.6 Å². The third kappa shape index (κ3) is 4.91. The lowest BCUT2D eigenvalue weighted by Gasteiger charge is -2.20. The van der Waals surface area contributed by atoms with Gasteiger partial charge in [0.15, 0.2) is 0 Å². The summed E-state index contributed by atoms with van der Waals surface area (Å²) < 4.78 is 0. The highest BCUT2D eigenvalue weighted by Crippen LogP contribution is 2.23. The maximum absolute atomic E-state index is 12.7. The number of likely N-dealkylation sites (tertiary alicyclic amines) is 1. The number of nitrogens with zero attached hydrogens (tertiary/aromatic N) is 1. The predicted octanol–water partition coefficient (Wildman–Crippen LogP) is 4.43. The molecule has 6 nitrogen and oxygen atoms in total. The van der Waals surface area contributed by atoms with Crippen molar-refractivity contribution < 1.29 is 14.4 Å². The number of rotatable bonds is 3. The van der Waals surface area contributed by atoms with Gasteiger partial charge in [-0.15, -0.1) is 0 Å². The molecule has 0 unspecified atom stereocenters. The average molecular weight is 415 g/mol. The van der Waals surface area contributed by atoms with Gasteiger partial charge in [-0.25, -0.2) is 0 Å². The van der Waals surface area contributed by atoms with Gasteiger partial charge in [-0.05, 0) is 48.6 Å². The fourth-order valence-corrected chi connectivity index (χ4v) is 3.85. The van der Waals surface area contributed by atoms with Crippen molar-refractivity contribution >= 4 is 39.9 Å². The van der Waals surface area contributed by atoms with Crippen molar-refractivity contribution in [2.24, 2.45) is 0 Å². The molecule has 3 aromatic carbocycles. The van der Waals surface area contributed by atoms with Gasteiger partial charge in [-0.3, -0.25) is 14.4 Å². The highest BCUT2D eigenvalue weighted by atomic mass is 16.2. The normalized spacial score (nSPS) is 14.0. The number of hydrogen-bond donors (Lipinski definition) is 2. The van der Waals surface area contributed by atoms with E-state index in [1.54, 1.807) is 30.3 Å². The first-order chi connectivity index (χ1) is 15.1. The van der Waals surface area contributed by atoms with Crippen LogP contribution >= 0.6 is 0 Å². The molecule has 1 fully saturated rings. The van der Waals surface area contributed by atoms with Gasteiger partial charge < -0.3 is 15.5 Å². The number of amides is 3. The van der Waals surface area contributed by atoms with Crippen LogP contribution in [0.3, 0.4) is 0 Å². The van der Waals surface area contributed by atoms with E-state index in [-0.39, 0.29) is 5.91 Å². The standard InChI is InChI=1S/C25H25N3O3/c29-23(24(30)27-22-11-7-9-18-8-3-4-10-21(18)22)26-20-14-12-19(13-15-20)25(31)28-16-5-1-2-6-17-28/h3-4,7-15H,1-2,5-6,16-17H2,(H,26,29)(H,27,30). The highest BCUT2D eigenvalue weighted by Gasteiger charge is 2.18. The van der Waals surface area contributed by atoms with Crippen molar-refractivity contribution in [2.75, 3.05) is 23.7 Å². The average Bonchev–Trinajstić information content (AvgIpc) is 3.09. The Hall–Kier alpha value is -3.67. The van der Waals surface area contributed by atoms with Crippen LogP contribution in [0.4, 0.5) is 11.4 Å². The van der Waals surface area contributed by atoms with E-state index in [4.69, 9.17) is 0 Å². The Labute approximate surface area is 181 Å². The smallest absolute Gasteiger partial charge is 0.314 e. The van der Waals surface area contributed by atoms with Crippen molar-refractivity contribution in [2.45, 2.75) is 25.7 Å². The molecule has 4 rings (SSSR count). The fourth-order valence-electron chi connectivity index (χ4n) is 3.85. The predicted molar refractivity (Wildman–Crippen MR) is 122 cm³/mol. The Morgan fingerprint density at radius 1 is 0.677 bits per heavy atom. The van der Waals surface area contributed by atoms with Crippen LogP contribution in [0.2, 0.25) is 0 Å². The van der Waals surface area contributed by atoms with Crippen LogP contribution < -0.4 is 10.6 Å². The second-order valence-electron chi connectivity index (χ2n) is 7.72. The molecule has 3 amide bonds. The molecule has 1 heterocycles. The fraction of sp³-hybridized carbons (Fsp3) is 0.240. The molecule has 1 aliphatic rings. The monoisotopic (exact) mass is 415 g/mol. The molecular weight excluding hydrogens is 390 g/mol. The Bertz CT molecular complexity index is 1100. The van der Waals surface area contributed by atoms with Crippen molar-refractivity contribution in [1.29, 1.82) is 0 Å². The minimum absolute atomic E-state index is 0.00785. The van der Waals surface area contributed by atoms with E-state index in [0.29, 0.717) is 16.9 Å². The summed E-state index contributed by atoms with van der Waals surface area (Å²) in [5.41, 5.74) is 1.63. The van der Waals surface area contributed by atoms with Gasteiger partial charge in [0.25, 0.3) is 5.91 Å². The maximum Gasteiger partial charge on any atom is 0.314 e. The summed E-state index contributed by atoms with van der Waals surface area (Å²) in [5, 5.41) is 7.10. The Morgan fingerprint density at radius 3 is 2.06 bits per heavy atom. The minimum atomic E-state index is -0.764. The number of hydrogen-bond acceptors (Lipinski definition) is 3. The van der Waals surface area contributed by atoms with E-state index in [1.807, 2.05) is 41.3 Å². The molecule has 0 spiro atoms. The van der Waals surface area contributed by atoms with Gasteiger partial charge in [-0.2, -0.15) is 0 Å². The molecule has 158 valence electrons. The van der Waals surface area contributed by atoms with Crippen molar-refractivity contribution in [3.63, 3.8) is 0 Å². The summed E-state index contributed by atoms with van der Waals surface area (Å²) in [5.74, 6) is -1.51. The van der Waals surface area contributed by atoms with Crippen LogP contribution in [0.15, 0.2) is 66.7 Å². The summed E-state index contributed by atoms with van der Waals surface area (Å²) in [4.78, 5) is 39.3. The molecule has 0 radical (unpaired) electrons. The zero-order valence-corrected chi connectivity index (χ0v) is 17.3. The van der Waals surface area contributed by atoms with Gasteiger partial charge in [0.1, 0.15) is 0 Å². The number of nitrogens with one attached hydrogen (secondary N) is 2. The van der Waals surface area contributed by atoms with E-state index in [1.165, 1.54) is 0 Å². The lowest BCUT2D eigenvalue weighted by Crippen LogP contribution is -2.32. The molecule has 1 aliphatic heterocycles. The second-order valence-corrected chi connectivity index (χ2v) is 7.72. The van der Waals surface area contributed by atoms with Crippen LogP contribution in [0.5, 0.6) is 0 Å². The minimum Gasteiger partial charge on any atom is -0.339 e. The Morgan fingerprint density at radius 2 is 1.32 bits per heavy atom. The van der Waals surface area contributed by atoms with E-state index < -0.39 is 11.8 Å². The zero-order chi connectivity index (χ0) is 21.6. The Kier molecular flexibility index (Phi) is 6.26.